The molecule has 0 radical (unpaired) electrons. The van der Waals surface area contributed by atoms with Gasteiger partial charge in [0.15, 0.2) is 11.9 Å². The van der Waals surface area contributed by atoms with Gasteiger partial charge in [-0.1, -0.05) is 44.2 Å². The van der Waals surface area contributed by atoms with Crippen LogP contribution in [0, 0.1) is 5.92 Å². The van der Waals surface area contributed by atoms with Gasteiger partial charge in [-0.2, -0.15) is 0 Å². The maximum atomic E-state index is 13.2. The second kappa shape index (κ2) is 16.4. The van der Waals surface area contributed by atoms with Crippen LogP contribution in [0.1, 0.15) is 80.7 Å². The van der Waals surface area contributed by atoms with Crippen molar-refractivity contribution in [3.63, 3.8) is 0 Å². The summed E-state index contributed by atoms with van der Waals surface area (Å²) in [6, 6.07) is 5.68. The zero-order chi connectivity index (χ0) is 31.4. The number of amides is 3. The second-order valence-electron chi connectivity index (χ2n) is 11.4. The molecule has 1 rings (SSSR count). The highest BCUT2D eigenvalue weighted by atomic mass is 16.7. The minimum absolute atomic E-state index is 0.125. The van der Waals surface area contributed by atoms with Crippen molar-refractivity contribution in [2.75, 3.05) is 13.2 Å². The van der Waals surface area contributed by atoms with E-state index in [2.05, 4.69) is 16.0 Å². The number of aliphatic hydroxyl groups is 1. The SMILES string of the molecule is CCOC(C[C@H](CC(=O)OC(C)(C)C)NC(=O)[C@H](C)NC(=O)[C@@H](NC(=O)C(C)(O)c1ccccc1)C(C)C)OCC. The van der Waals surface area contributed by atoms with Crippen LogP contribution in [0.25, 0.3) is 0 Å². The first kappa shape index (κ1) is 36.0. The predicted octanol–water partition coefficient (Wildman–Crippen LogP) is 2.55. The van der Waals surface area contributed by atoms with Crippen molar-refractivity contribution < 1.29 is 38.5 Å². The Morgan fingerprint density at radius 1 is 0.854 bits per heavy atom. The Labute approximate surface area is 244 Å². The normalized spacial score (nSPS) is 15.4. The molecule has 0 saturated carbocycles. The third-order valence-corrected chi connectivity index (χ3v) is 6.13. The lowest BCUT2D eigenvalue weighted by molar-refractivity contribution is -0.159. The van der Waals surface area contributed by atoms with E-state index in [9.17, 15) is 24.3 Å². The van der Waals surface area contributed by atoms with Crippen LogP contribution in [0.4, 0.5) is 0 Å². The fraction of sp³-hybridized carbons (Fsp3) is 0.667. The van der Waals surface area contributed by atoms with Crippen molar-refractivity contribution in [2.24, 2.45) is 5.92 Å². The Hall–Kier alpha value is -3.02. The van der Waals surface area contributed by atoms with E-state index in [1.54, 1.807) is 65.0 Å². The summed E-state index contributed by atoms with van der Waals surface area (Å²) in [5, 5.41) is 18.9. The monoisotopic (exact) mass is 579 g/mol. The number of esters is 1. The number of nitrogens with one attached hydrogen (secondary N) is 3. The Bertz CT molecular complexity index is 985. The van der Waals surface area contributed by atoms with Gasteiger partial charge in [0.05, 0.1) is 6.42 Å². The van der Waals surface area contributed by atoms with Crippen molar-refractivity contribution in [2.45, 2.75) is 111 Å². The molecule has 0 heterocycles. The number of carbonyl (C=O) groups excluding carboxylic acids is 4. The number of ether oxygens (including phenoxy) is 3. The molecular formula is C30H49N3O8. The molecule has 3 amide bonds. The van der Waals surface area contributed by atoms with E-state index < -0.39 is 59.3 Å². The molecule has 232 valence electrons. The maximum absolute atomic E-state index is 13.2. The lowest BCUT2D eigenvalue weighted by atomic mass is 9.93. The van der Waals surface area contributed by atoms with Crippen LogP contribution in [0.3, 0.4) is 0 Å². The van der Waals surface area contributed by atoms with Crippen LogP contribution < -0.4 is 16.0 Å². The van der Waals surface area contributed by atoms with Crippen molar-refractivity contribution >= 4 is 23.7 Å². The lowest BCUT2D eigenvalue weighted by Gasteiger charge is -2.29. The van der Waals surface area contributed by atoms with Gasteiger partial charge in [-0.15, -0.1) is 0 Å². The molecule has 4 N–H and O–H groups in total. The summed E-state index contributed by atoms with van der Waals surface area (Å²) in [6.07, 6.45) is -0.591. The van der Waals surface area contributed by atoms with E-state index in [1.165, 1.54) is 13.8 Å². The third kappa shape index (κ3) is 12.6. The van der Waals surface area contributed by atoms with E-state index in [4.69, 9.17) is 14.2 Å². The van der Waals surface area contributed by atoms with Crippen LogP contribution in [-0.2, 0) is 39.0 Å². The van der Waals surface area contributed by atoms with Gasteiger partial charge >= 0.3 is 5.97 Å². The lowest BCUT2D eigenvalue weighted by Crippen LogP contribution is -2.57. The molecule has 0 aliphatic heterocycles. The topological polar surface area (TPSA) is 152 Å². The summed E-state index contributed by atoms with van der Waals surface area (Å²) in [5.74, 6) is -2.73. The second-order valence-corrected chi connectivity index (χ2v) is 11.4. The first-order valence-corrected chi connectivity index (χ1v) is 14.2. The Morgan fingerprint density at radius 3 is 1.90 bits per heavy atom. The van der Waals surface area contributed by atoms with Crippen LogP contribution in [0.15, 0.2) is 30.3 Å². The molecule has 0 fully saturated rings. The van der Waals surface area contributed by atoms with E-state index in [1.807, 2.05) is 13.8 Å². The molecule has 11 nitrogen and oxygen atoms in total. The molecule has 1 aromatic carbocycles. The number of carbonyl (C=O) groups is 4. The molecule has 4 atom stereocenters. The zero-order valence-electron chi connectivity index (χ0n) is 25.9. The number of hydrogen-bond acceptors (Lipinski definition) is 8. The van der Waals surface area contributed by atoms with Gasteiger partial charge in [0.1, 0.15) is 17.7 Å². The molecule has 0 aliphatic carbocycles. The fourth-order valence-electron chi connectivity index (χ4n) is 3.97. The molecule has 0 bridgehead atoms. The molecular weight excluding hydrogens is 530 g/mol. The summed E-state index contributed by atoms with van der Waals surface area (Å²) >= 11 is 0. The average molecular weight is 580 g/mol. The standard InChI is InChI=1S/C30H49N3O8/c1-10-39-24(40-11-2)18-22(17-23(34)41-29(6,7)8)32-26(35)20(5)31-27(36)25(19(3)4)33-28(37)30(9,38)21-15-13-12-14-16-21/h12-16,19-20,22,24-25,38H,10-11,17-18H2,1-9H3,(H,31,36)(H,32,35)(H,33,37)/t20-,22-,25-,30?/m0/s1. The van der Waals surface area contributed by atoms with Crippen molar-refractivity contribution in [1.29, 1.82) is 0 Å². The molecule has 0 saturated heterocycles. The quantitative estimate of drug-likeness (QED) is 0.172. The molecule has 41 heavy (non-hydrogen) atoms. The summed E-state index contributed by atoms with van der Waals surface area (Å²) < 4.78 is 16.6. The highest BCUT2D eigenvalue weighted by Crippen LogP contribution is 2.21. The van der Waals surface area contributed by atoms with Crippen LogP contribution in [0.2, 0.25) is 0 Å². The molecule has 1 unspecified atom stereocenters. The number of benzene rings is 1. The van der Waals surface area contributed by atoms with Gasteiger partial charge in [0.25, 0.3) is 5.91 Å². The van der Waals surface area contributed by atoms with Gasteiger partial charge in [0.2, 0.25) is 11.8 Å². The first-order valence-electron chi connectivity index (χ1n) is 14.2. The Kier molecular flexibility index (Phi) is 14.4. The number of hydrogen-bond donors (Lipinski definition) is 4. The zero-order valence-corrected chi connectivity index (χ0v) is 25.9. The van der Waals surface area contributed by atoms with E-state index in [0.717, 1.165) is 0 Å². The van der Waals surface area contributed by atoms with Gasteiger partial charge in [-0.25, -0.2) is 0 Å². The molecule has 0 aromatic heterocycles. The highest BCUT2D eigenvalue weighted by Gasteiger charge is 2.36. The highest BCUT2D eigenvalue weighted by molar-refractivity contribution is 5.94. The van der Waals surface area contributed by atoms with E-state index in [-0.39, 0.29) is 18.8 Å². The Morgan fingerprint density at radius 2 is 1.41 bits per heavy atom. The maximum Gasteiger partial charge on any atom is 0.308 e. The van der Waals surface area contributed by atoms with Crippen LogP contribution in [0.5, 0.6) is 0 Å². The van der Waals surface area contributed by atoms with Gasteiger partial charge in [0, 0.05) is 25.7 Å². The summed E-state index contributed by atoms with van der Waals surface area (Å²) in [7, 11) is 0. The Balaban J connectivity index is 2.97. The van der Waals surface area contributed by atoms with Gasteiger partial charge in [-0.3, -0.25) is 19.2 Å². The van der Waals surface area contributed by atoms with Crippen molar-refractivity contribution in [3.8, 4) is 0 Å². The molecule has 0 spiro atoms. The molecule has 11 heteroatoms. The average Bonchev–Trinajstić information content (AvgIpc) is 2.86. The largest absolute Gasteiger partial charge is 0.460 e. The van der Waals surface area contributed by atoms with Gasteiger partial charge in [-0.05, 0) is 59.9 Å². The molecule has 1 aromatic rings. The summed E-state index contributed by atoms with van der Waals surface area (Å²) in [4.78, 5) is 51.8. The minimum Gasteiger partial charge on any atom is -0.460 e. The van der Waals surface area contributed by atoms with E-state index in [0.29, 0.717) is 18.8 Å². The van der Waals surface area contributed by atoms with Crippen molar-refractivity contribution in [1.82, 2.24) is 16.0 Å². The fourth-order valence-corrected chi connectivity index (χ4v) is 3.97. The summed E-state index contributed by atoms with van der Waals surface area (Å²) in [5.41, 5.74) is -2.20. The van der Waals surface area contributed by atoms with Crippen LogP contribution >= 0.6 is 0 Å². The summed E-state index contributed by atoms with van der Waals surface area (Å²) in [6.45, 7) is 16.0. The third-order valence-electron chi connectivity index (χ3n) is 6.13. The molecule has 0 aliphatic rings. The number of rotatable bonds is 16. The van der Waals surface area contributed by atoms with Crippen molar-refractivity contribution in [3.05, 3.63) is 35.9 Å². The minimum atomic E-state index is -1.87. The van der Waals surface area contributed by atoms with E-state index >= 15 is 0 Å². The van der Waals surface area contributed by atoms with Crippen LogP contribution in [-0.4, -0.2) is 72.0 Å². The first-order chi connectivity index (χ1) is 19.0. The van der Waals surface area contributed by atoms with Gasteiger partial charge < -0.3 is 35.3 Å². The smallest absolute Gasteiger partial charge is 0.308 e. The predicted molar refractivity (Wildman–Crippen MR) is 154 cm³/mol.